The third kappa shape index (κ3) is 3.95. The van der Waals surface area contributed by atoms with Gasteiger partial charge in [0, 0.05) is 6.04 Å². The molecule has 0 aliphatic carbocycles. The van der Waals surface area contributed by atoms with E-state index in [2.05, 4.69) is 76.3 Å². The molecule has 0 aliphatic heterocycles. The molecule has 1 heteroatoms. The Morgan fingerprint density at radius 3 is 2.14 bits per heavy atom. The van der Waals surface area contributed by atoms with Crippen molar-refractivity contribution in [1.82, 2.24) is 5.32 Å². The standard InChI is InChI=1S/C20H27N/c1-14-12-16(3)20(17(4)13-14)18(5)21-11-10-19-9-7-6-8-15(19)2/h6-9,12-13,18,21H,10-11H2,1-5H3. The third-order valence-electron chi connectivity index (χ3n) is 4.28. The van der Waals surface area contributed by atoms with Gasteiger partial charge in [0.2, 0.25) is 0 Å². The molecule has 0 aliphatic rings. The highest BCUT2D eigenvalue weighted by molar-refractivity contribution is 5.39. The lowest BCUT2D eigenvalue weighted by Crippen LogP contribution is -2.23. The molecule has 112 valence electrons. The van der Waals surface area contributed by atoms with E-state index in [1.54, 1.807) is 0 Å². The lowest BCUT2D eigenvalue weighted by molar-refractivity contribution is 0.571. The normalized spacial score (nSPS) is 12.4. The Balaban J connectivity index is 2.00. The molecule has 0 saturated carbocycles. The van der Waals surface area contributed by atoms with Gasteiger partial charge in [0.1, 0.15) is 0 Å². The van der Waals surface area contributed by atoms with E-state index in [9.17, 15) is 0 Å². The molecule has 1 nitrogen and oxygen atoms in total. The van der Waals surface area contributed by atoms with Crippen LogP contribution in [-0.4, -0.2) is 6.54 Å². The monoisotopic (exact) mass is 281 g/mol. The first kappa shape index (κ1) is 15.8. The summed E-state index contributed by atoms with van der Waals surface area (Å²) in [4.78, 5) is 0. The lowest BCUT2D eigenvalue weighted by Gasteiger charge is -2.20. The molecule has 0 radical (unpaired) electrons. The molecule has 2 rings (SSSR count). The zero-order valence-electron chi connectivity index (χ0n) is 14.0. The number of aryl methyl sites for hydroxylation is 4. The minimum absolute atomic E-state index is 0.398. The van der Waals surface area contributed by atoms with Crippen molar-refractivity contribution < 1.29 is 0 Å². The van der Waals surface area contributed by atoms with Crippen LogP contribution >= 0.6 is 0 Å². The molecular weight excluding hydrogens is 254 g/mol. The molecule has 0 fully saturated rings. The Labute approximate surface area is 129 Å². The van der Waals surface area contributed by atoms with Crippen LogP contribution in [0, 0.1) is 27.7 Å². The molecule has 1 N–H and O–H groups in total. The van der Waals surface area contributed by atoms with Gasteiger partial charge in [-0.2, -0.15) is 0 Å². The van der Waals surface area contributed by atoms with Gasteiger partial charge in [0.05, 0.1) is 0 Å². The summed E-state index contributed by atoms with van der Waals surface area (Å²) in [6.45, 7) is 12.1. The zero-order chi connectivity index (χ0) is 15.4. The Morgan fingerprint density at radius 2 is 1.52 bits per heavy atom. The van der Waals surface area contributed by atoms with Crippen LogP contribution in [0.4, 0.5) is 0 Å². The summed E-state index contributed by atoms with van der Waals surface area (Å²) in [5, 5.41) is 3.68. The molecule has 1 atom stereocenters. The van der Waals surface area contributed by atoms with Crippen LogP contribution in [0.15, 0.2) is 36.4 Å². The van der Waals surface area contributed by atoms with Gasteiger partial charge in [-0.1, -0.05) is 42.0 Å². The maximum absolute atomic E-state index is 3.68. The molecule has 0 saturated heterocycles. The number of hydrogen-bond acceptors (Lipinski definition) is 1. The number of benzene rings is 2. The first-order valence-corrected chi connectivity index (χ1v) is 7.84. The predicted octanol–water partition coefficient (Wildman–Crippen LogP) is 4.81. The highest BCUT2D eigenvalue weighted by Crippen LogP contribution is 2.23. The fourth-order valence-electron chi connectivity index (χ4n) is 3.29. The zero-order valence-corrected chi connectivity index (χ0v) is 14.0. The van der Waals surface area contributed by atoms with Crippen molar-refractivity contribution in [2.24, 2.45) is 0 Å². The van der Waals surface area contributed by atoms with Crippen molar-refractivity contribution in [3.05, 3.63) is 69.8 Å². The molecule has 0 amide bonds. The van der Waals surface area contributed by atoms with Crippen molar-refractivity contribution in [3.8, 4) is 0 Å². The second kappa shape index (κ2) is 6.91. The fourth-order valence-corrected chi connectivity index (χ4v) is 3.29. The molecule has 0 aromatic heterocycles. The molecule has 21 heavy (non-hydrogen) atoms. The summed E-state index contributed by atoms with van der Waals surface area (Å²) < 4.78 is 0. The largest absolute Gasteiger partial charge is 0.310 e. The highest BCUT2D eigenvalue weighted by atomic mass is 14.9. The lowest BCUT2D eigenvalue weighted by atomic mass is 9.94. The summed E-state index contributed by atoms with van der Waals surface area (Å²) in [6.07, 6.45) is 1.08. The van der Waals surface area contributed by atoms with Crippen LogP contribution < -0.4 is 5.32 Å². The van der Waals surface area contributed by atoms with Gasteiger partial charge < -0.3 is 5.32 Å². The maximum Gasteiger partial charge on any atom is 0.0297 e. The van der Waals surface area contributed by atoms with E-state index in [1.165, 1.54) is 33.4 Å². The molecule has 2 aromatic carbocycles. The Hall–Kier alpha value is -1.60. The van der Waals surface area contributed by atoms with E-state index < -0.39 is 0 Å². The van der Waals surface area contributed by atoms with E-state index >= 15 is 0 Å². The van der Waals surface area contributed by atoms with Crippen molar-refractivity contribution >= 4 is 0 Å². The Bertz CT molecular complexity index is 590. The van der Waals surface area contributed by atoms with E-state index in [4.69, 9.17) is 0 Å². The SMILES string of the molecule is Cc1cc(C)c(C(C)NCCc2ccccc2C)c(C)c1. The van der Waals surface area contributed by atoms with Gasteiger partial charge in [-0.05, 0) is 75.4 Å². The number of nitrogens with one attached hydrogen (secondary N) is 1. The summed E-state index contributed by atoms with van der Waals surface area (Å²) >= 11 is 0. The first-order valence-electron chi connectivity index (χ1n) is 7.84. The van der Waals surface area contributed by atoms with Crippen molar-refractivity contribution in [2.75, 3.05) is 6.54 Å². The average molecular weight is 281 g/mol. The summed E-state index contributed by atoms with van der Waals surface area (Å²) in [6, 6.07) is 13.6. The minimum atomic E-state index is 0.398. The predicted molar refractivity (Wildman–Crippen MR) is 92.0 cm³/mol. The Kier molecular flexibility index (Phi) is 5.19. The molecule has 2 aromatic rings. The smallest absolute Gasteiger partial charge is 0.0297 e. The summed E-state index contributed by atoms with van der Waals surface area (Å²) in [5.74, 6) is 0. The molecule has 0 bridgehead atoms. The van der Waals surface area contributed by atoms with Crippen molar-refractivity contribution in [1.29, 1.82) is 0 Å². The van der Waals surface area contributed by atoms with Crippen LogP contribution in [-0.2, 0) is 6.42 Å². The van der Waals surface area contributed by atoms with Crippen LogP contribution in [0.3, 0.4) is 0 Å². The minimum Gasteiger partial charge on any atom is -0.310 e. The second-order valence-electron chi connectivity index (χ2n) is 6.16. The first-order chi connectivity index (χ1) is 9.99. The average Bonchev–Trinajstić information content (AvgIpc) is 2.39. The molecule has 1 unspecified atom stereocenters. The third-order valence-corrected chi connectivity index (χ3v) is 4.28. The molecular formula is C20H27N. The van der Waals surface area contributed by atoms with Gasteiger partial charge in [-0.15, -0.1) is 0 Å². The topological polar surface area (TPSA) is 12.0 Å². The molecule has 0 heterocycles. The quantitative estimate of drug-likeness (QED) is 0.829. The maximum atomic E-state index is 3.68. The second-order valence-corrected chi connectivity index (χ2v) is 6.16. The highest BCUT2D eigenvalue weighted by Gasteiger charge is 2.11. The van der Waals surface area contributed by atoms with Gasteiger partial charge in [0.15, 0.2) is 0 Å². The van der Waals surface area contributed by atoms with E-state index in [1.807, 2.05) is 0 Å². The van der Waals surface area contributed by atoms with Crippen LogP contribution in [0.1, 0.15) is 46.3 Å². The van der Waals surface area contributed by atoms with E-state index in [0.717, 1.165) is 13.0 Å². The van der Waals surface area contributed by atoms with Crippen LogP contribution in [0.5, 0.6) is 0 Å². The van der Waals surface area contributed by atoms with E-state index in [-0.39, 0.29) is 0 Å². The number of rotatable bonds is 5. The summed E-state index contributed by atoms with van der Waals surface area (Å²) in [7, 11) is 0. The summed E-state index contributed by atoms with van der Waals surface area (Å²) in [5.41, 5.74) is 8.40. The molecule has 0 spiro atoms. The van der Waals surface area contributed by atoms with E-state index in [0.29, 0.717) is 6.04 Å². The van der Waals surface area contributed by atoms with Gasteiger partial charge in [-0.3, -0.25) is 0 Å². The van der Waals surface area contributed by atoms with Crippen LogP contribution in [0.2, 0.25) is 0 Å². The van der Waals surface area contributed by atoms with Gasteiger partial charge in [-0.25, -0.2) is 0 Å². The van der Waals surface area contributed by atoms with Crippen molar-refractivity contribution in [2.45, 2.75) is 47.1 Å². The van der Waals surface area contributed by atoms with Crippen LogP contribution in [0.25, 0.3) is 0 Å². The Morgan fingerprint density at radius 1 is 0.905 bits per heavy atom. The fraction of sp³-hybridized carbons (Fsp3) is 0.400. The van der Waals surface area contributed by atoms with Gasteiger partial charge >= 0.3 is 0 Å². The number of hydrogen-bond donors (Lipinski definition) is 1. The van der Waals surface area contributed by atoms with Gasteiger partial charge in [0.25, 0.3) is 0 Å². The van der Waals surface area contributed by atoms with Crippen molar-refractivity contribution in [3.63, 3.8) is 0 Å².